The molecule has 272 valence electrons. The van der Waals surface area contributed by atoms with E-state index in [1.807, 2.05) is 27.7 Å². The smallest absolute Gasteiger partial charge is 0.222 e. The van der Waals surface area contributed by atoms with Gasteiger partial charge in [-0.05, 0) is 90.9 Å². The van der Waals surface area contributed by atoms with Crippen LogP contribution < -0.4 is 15.4 Å². The summed E-state index contributed by atoms with van der Waals surface area (Å²) in [4.78, 5) is 26.0. The molecule has 3 aliphatic carbocycles. The lowest BCUT2D eigenvalue weighted by Crippen LogP contribution is -2.42. The molecule has 5 atom stereocenters. The largest absolute Gasteiger partial charge is 0.491 e. The lowest BCUT2D eigenvalue weighted by atomic mass is 9.54. The first-order chi connectivity index (χ1) is 23.1. The van der Waals surface area contributed by atoms with Gasteiger partial charge in [0.25, 0.3) is 0 Å². The fourth-order valence-electron chi connectivity index (χ4n) is 8.28. The van der Waals surface area contributed by atoms with Crippen LogP contribution in [0, 0.1) is 35.0 Å². The second kappa shape index (κ2) is 19.3. The molecule has 0 aromatic heterocycles. The predicted molar refractivity (Wildman–Crippen MR) is 190 cm³/mol. The van der Waals surface area contributed by atoms with E-state index < -0.39 is 0 Å². The first-order valence-electron chi connectivity index (χ1n) is 18.9. The zero-order chi connectivity index (χ0) is 34.5. The van der Waals surface area contributed by atoms with Crippen molar-refractivity contribution in [1.82, 2.24) is 15.5 Å². The third kappa shape index (κ3) is 10.9. The van der Waals surface area contributed by atoms with E-state index in [2.05, 4.69) is 47.6 Å². The number of fused-ring (bicyclic) bond motifs is 5. The maximum absolute atomic E-state index is 11.9. The molecule has 0 radical (unpaired) electrons. The van der Waals surface area contributed by atoms with Crippen LogP contribution in [0.15, 0.2) is 18.2 Å². The number of amides is 2. The molecule has 0 spiro atoms. The van der Waals surface area contributed by atoms with Gasteiger partial charge in [-0.15, -0.1) is 0 Å². The molecule has 4 rings (SSSR count). The minimum Gasteiger partial charge on any atom is -0.491 e. The number of benzene rings is 1. The molecule has 0 bridgehead atoms. The molecular formula is C39H65N3O6. The summed E-state index contributed by atoms with van der Waals surface area (Å²) < 4.78 is 23.3. The van der Waals surface area contributed by atoms with Crippen molar-refractivity contribution in [3.05, 3.63) is 29.3 Å². The number of aryl methyl sites for hydroxylation is 1. The van der Waals surface area contributed by atoms with Gasteiger partial charge in [0.05, 0.1) is 39.6 Å². The van der Waals surface area contributed by atoms with Crippen molar-refractivity contribution in [2.75, 3.05) is 79.0 Å². The molecular weight excluding hydrogens is 606 g/mol. The maximum atomic E-state index is 11.9. The number of hydrogen-bond donors (Lipinski definition) is 2. The zero-order valence-corrected chi connectivity index (χ0v) is 30.8. The summed E-state index contributed by atoms with van der Waals surface area (Å²) in [5.41, 5.74) is 3.65. The Bertz CT molecular complexity index is 1120. The van der Waals surface area contributed by atoms with Gasteiger partial charge in [-0.3, -0.25) is 14.5 Å². The molecule has 2 amide bonds. The van der Waals surface area contributed by atoms with Crippen molar-refractivity contribution in [3.63, 3.8) is 0 Å². The molecule has 48 heavy (non-hydrogen) atoms. The topological polar surface area (TPSA) is 98.4 Å². The number of ether oxygens (including phenoxy) is 4. The van der Waals surface area contributed by atoms with Crippen molar-refractivity contribution in [2.45, 2.75) is 86.0 Å². The van der Waals surface area contributed by atoms with Crippen LogP contribution in [0.2, 0.25) is 0 Å². The van der Waals surface area contributed by atoms with Gasteiger partial charge < -0.3 is 29.6 Å². The van der Waals surface area contributed by atoms with Crippen LogP contribution in [-0.2, 0) is 30.2 Å². The van der Waals surface area contributed by atoms with Gasteiger partial charge in [0, 0.05) is 44.6 Å². The van der Waals surface area contributed by atoms with Gasteiger partial charge in [0.2, 0.25) is 11.8 Å². The normalized spacial score (nSPS) is 24.8. The van der Waals surface area contributed by atoms with Crippen molar-refractivity contribution in [3.8, 4) is 5.75 Å². The Kier molecular flexibility index (Phi) is 15.5. The number of nitrogens with zero attached hydrogens (tertiary/aromatic N) is 1. The van der Waals surface area contributed by atoms with Crippen molar-refractivity contribution in [1.29, 1.82) is 0 Å². The van der Waals surface area contributed by atoms with Gasteiger partial charge >= 0.3 is 0 Å². The molecule has 3 aliphatic rings. The third-order valence-corrected chi connectivity index (χ3v) is 11.5. The molecule has 9 nitrogen and oxygen atoms in total. The SMILES string of the molecule is CC(C)C(=O)NCCN(CCNC(=O)C(C)C)CCOCCOCCOCCOc1ccc2c(c1)CC[C@@H]1[C@@H]2CC[C@]2(C)[C@@H](C)CC[C@@H]12. The quantitative estimate of drug-likeness (QED) is 0.168. The summed E-state index contributed by atoms with van der Waals surface area (Å²) in [6, 6.07) is 6.82. The fourth-order valence-corrected chi connectivity index (χ4v) is 8.28. The van der Waals surface area contributed by atoms with E-state index in [4.69, 9.17) is 18.9 Å². The molecule has 0 unspecified atom stereocenters. The van der Waals surface area contributed by atoms with Gasteiger partial charge in [-0.25, -0.2) is 0 Å². The van der Waals surface area contributed by atoms with E-state index in [1.54, 1.807) is 5.56 Å². The van der Waals surface area contributed by atoms with E-state index >= 15 is 0 Å². The average molecular weight is 672 g/mol. The summed E-state index contributed by atoms with van der Waals surface area (Å²) in [6.07, 6.45) is 8.09. The van der Waals surface area contributed by atoms with E-state index in [9.17, 15) is 9.59 Å². The monoisotopic (exact) mass is 671 g/mol. The number of hydrogen-bond acceptors (Lipinski definition) is 7. The summed E-state index contributed by atoms with van der Waals surface area (Å²) in [5, 5.41) is 5.92. The molecule has 0 saturated heterocycles. The van der Waals surface area contributed by atoms with Crippen LogP contribution in [0.5, 0.6) is 5.75 Å². The Morgan fingerprint density at radius 2 is 1.42 bits per heavy atom. The Balaban J connectivity index is 1.03. The average Bonchev–Trinajstić information content (AvgIpc) is 3.38. The van der Waals surface area contributed by atoms with E-state index in [1.165, 1.54) is 44.1 Å². The first kappa shape index (κ1) is 38.6. The Labute approximate surface area is 290 Å². The molecule has 2 saturated carbocycles. The number of rotatable bonds is 21. The van der Waals surface area contributed by atoms with Crippen molar-refractivity contribution < 1.29 is 28.5 Å². The molecule has 1 aromatic rings. The molecule has 0 heterocycles. The lowest BCUT2D eigenvalue weighted by Gasteiger charge is -2.50. The van der Waals surface area contributed by atoms with Crippen LogP contribution in [0.3, 0.4) is 0 Å². The van der Waals surface area contributed by atoms with Crippen LogP contribution in [-0.4, -0.2) is 95.7 Å². The lowest BCUT2D eigenvalue weighted by molar-refractivity contribution is -0.124. The highest BCUT2D eigenvalue weighted by molar-refractivity contribution is 5.78. The van der Waals surface area contributed by atoms with E-state index in [0.29, 0.717) is 84.4 Å². The summed E-state index contributed by atoms with van der Waals surface area (Å²) >= 11 is 0. The number of carbonyl (C=O) groups excluding carboxylic acids is 2. The van der Waals surface area contributed by atoms with E-state index in [0.717, 1.165) is 29.4 Å². The zero-order valence-electron chi connectivity index (χ0n) is 30.8. The number of nitrogens with one attached hydrogen (secondary N) is 2. The van der Waals surface area contributed by atoms with Crippen molar-refractivity contribution in [2.24, 2.45) is 35.0 Å². The maximum Gasteiger partial charge on any atom is 0.222 e. The molecule has 1 aromatic carbocycles. The van der Waals surface area contributed by atoms with E-state index in [-0.39, 0.29) is 23.7 Å². The Morgan fingerprint density at radius 3 is 2.04 bits per heavy atom. The standard InChI is InChI=1S/C39H65N3O6/c1-28(2)37(43)40-15-17-42(18-16-41-38(44)29(3)4)19-20-45-21-22-46-23-24-47-25-26-48-32-9-11-33-31(27-32)8-10-35-34(33)13-14-39(6)30(5)7-12-36(35)39/h9,11,27-30,34-36H,7-8,10,12-26H2,1-6H3,(H,40,43)(H,41,44)/t30-,34+,35+,36-,39+/m0/s1. The number of carbonyl (C=O) groups is 2. The Hall–Kier alpha value is -2.20. The highest BCUT2D eigenvalue weighted by Gasteiger charge is 2.53. The fraction of sp³-hybridized carbons (Fsp3) is 0.795. The molecule has 9 heteroatoms. The third-order valence-electron chi connectivity index (χ3n) is 11.5. The summed E-state index contributed by atoms with van der Waals surface area (Å²) in [6.45, 7) is 19.5. The summed E-state index contributed by atoms with van der Waals surface area (Å²) in [7, 11) is 0. The second-order valence-corrected chi connectivity index (χ2v) is 15.2. The van der Waals surface area contributed by atoms with Crippen LogP contribution in [0.1, 0.15) is 90.7 Å². The van der Waals surface area contributed by atoms with Gasteiger partial charge in [-0.2, -0.15) is 0 Å². The second-order valence-electron chi connectivity index (χ2n) is 15.2. The molecule has 0 aliphatic heterocycles. The van der Waals surface area contributed by atoms with Crippen LogP contribution in [0.4, 0.5) is 0 Å². The first-order valence-corrected chi connectivity index (χ1v) is 18.9. The summed E-state index contributed by atoms with van der Waals surface area (Å²) in [5.74, 6) is 4.36. The Morgan fingerprint density at radius 1 is 0.812 bits per heavy atom. The highest BCUT2D eigenvalue weighted by atomic mass is 16.6. The predicted octanol–water partition coefficient (Wildman–Crippen LogP) is 5.45. The minimum absolute atomic E-state index is 0.0388. The van der Waals surface area contributed by atoms with Crippen molar-refractivity contribution >= 4 is 11.8 Å². The van der Waals surface area contributed by atoms with Gasteiger partial charge in [0.1, 0.15) is 12.4 Å². The van der Waals surface area contributed by atoms with Gasteiger partial charge in [0.15, 0.2) is 0 Å². The highest BCUT2D eigenvalue weighted by Crippen LogP contribution is 2.62. The molecule has 2 fully saturated rings. The minimum atomic E-state index is -0.0388. The molecule has 2 N–H and O–H groups in total. The van der Waals surface area contributed by atoms with Crippen LogP contribution >= 0.6 is 0 Å². The van der Waals surface area contributed by atoms with Crippen LogP contribution in [0.25, 0.3) is 0 Å². The van der Waals surface area contributed by atoms with Gasteiger partial charge in [-0.1, -0.05) is 47.6 Å².